The van der Waals surface area contributed by atoms with E-state index in [9.17, 15) is 0 Å². The van der Waals surface area contributed by atoms with Crippen molar-refractivity contribution < 1.29 is 0 Å². The molecule has 0 radical (unpaired) electrons. The summed E-state index contributed by atoms with van der Waals surface area (Å²) < 4.78 is 0. The number of rotatable bonds is 0. The minimum Gasteiger partial charge on any atom is -0.360 e. The van der Waals surface area contributed by atoms with E-state index in [0.29, 0.717) is 0 Å². The second-order valence-corrected chi connectivity index (χ2v) is 1.94. The second-order valence-electron chi connectivity index (χ2n) is 1.94. The normalized spacial score (nSPS) is 8.91. The maximum absolute atomic E-state index is 4.50. The SMILES string of the molecule is CN.c1cc2cc[nH]c2cn1. The Morgan fingerprint density at radius 3 is 2.91 bits per heavy atom. The molecular weight excluding hydrogens is 138 g/mol. The molecule has 0 unspecified atom stereocenters. The Morgan fingerprint density at radius 1 is 1.36 bits per heavy atom. The van der Waals surface area contributed by atoms with Crippen molar-refractivity contribution in [1.82, 2.24) is 9.97 Å². The molecular formula is C8H11N3. The molecule has 0 amide bonds. The molecule has 0 saturated carbocycles. The lowest BCUT2D eigenvalue weighted by molar-refractivity contribution is 1.34. The number of hydrogen-bond acceptors (Lipinski definition) is 2. The van der Waals surface area contributed by atoms with Gasteiger partial charge in [0.15, 0.2) is 0 Å². The van der Waals surface area contributed by atoms with Crippen LogP contribution in [-0.2, 0) is 0 Å². The van der Waals surface area contributed by atoms with Gasteiger partial charge in [-0.05, 0) is 19.2 Å². The molecule has 2 aromatic heterocycles. The number of fused-ring (bicyclic) bond motifs is 1. The molecule has 0 aliphatic carbocycles. The van der Waals surface area contributed by atoms with Gasteiger partial charge < -0.3 is 10.7 Å². The van der Waals surface area contributed by atoms with Gasteiger partial charge in [0.25, 0.3) is 0 Å². The first-order valence-electron chi connectivity index (χ1n) is 3.42. The summed E-state index contributed by atoms with van der Waals surface area (Å²) in [6.45, 7) is 0. The van der Waals surface area contributed by atoms with E-state index in [2.05, 4.69) is 15.7 Å². The van der Waals surface area contributed by atoms with Gasteiger partial charge in [0.2, 0.25) is 0 Å². The number of pyridine rings is 1. The minimum atomic E-state index is 1.09. The molecule has 0 aromatic carbocycles. The molecule has 11 heavy (non-hydrogen) atoms. The smallest absolute Gasteiger partial charge is 0.0640 e. The Kier molecular flexibility index (Phi) is 2.63. The Morgan fingerprint density at radius 2 is 2.18 bits per heavy atom. The predicted molar refractivity (Wildman–Crippen MR) is 46.2 cm³/mol. The fourth-order valence-electron chi connectivity index (χ4n) is 0.892. The third kappa shape index (κ3) is 1.56. The van der Waals surface area contributed by atoms with Gasteiger partial charge in [0, 0.05) is 17.8 Å². The van der Waals surface area contributed by atoms with Crippen LogP contribution in [0.4, 0.5) is 0 Å². The molecule has 0 aliphatic heterocycles. The van der Waals surface area contributed by atoms with Crippen molar-refractivity contribution in [2.75, 3.05) is 7.05 Å². The largest absolute Gasteiger partial charge is 0.360 e. The number of nitrogens with one attached hydrogen (secondary N) is 1. The minimum absolute atomic E-state index is 1.09. The summed E-state index contributed by atoms with van der Waals surface area (Å²) >= 11 is 0. The van der Waals surface area contributed by atoms with Gasteiger partial charge in [0.1, 0.15) is 0 Å². The van der Waals surface area contributed by atoms with E-state index in [1.807, 2.05) is 24.5 Å². The molecule has 58 valence electrons. The number of nitrogens with zero attached hydrogens (tertiary/aromatic N) is 1. The summed E-state index contributed by atoms with van der Waals surface area (Å²) in [5.41, 5.74) is 5.59. The fraction of sp³-hybridized carbons (Fsp3) is 0.125. The Bertz CT molecular complexity index is 283. The lowest BCUT2D eigenvalue weighted by Gasteiger charge is -1.82. The van der Waals surface area contributed by atoms with Gasteiger partial charge in [-0.15, -0.1) is 0 Å². The van der Waals surface area contributed by atoms with Gasteiger partial charge in [-0.3, -0.25) is 4.98 Å². The van der Waals surface area contributed by atoms with E-state index >= 15 is 0 Å². The van der Waals surface area contributed by atoms with Crippen LogP contribution in [0.15, 0.2) is 30.7 Å². The Balaban J connectivity index is 0.000000281. The summed E-state index contributed by atoms with van der Waals surface area (Å²) in [4.78, 5) is 7.01. The zero-order chi connectivity index (χ0) is 8.10. The number of aromatic nitrogens is 2. The molecule has 0 fully saturated rings. The van der Waals surface area contributed by atoms with Crippen LogP contribution in [0.2, 0.25) is 0 Å². The van der Waals surface area contributed by atoms with Crippen molar-refractivity contribution >= 4 is 10.9 Å². The van der Waals surface area contributed by atoms with E-state index < -0.39 is 0 Å². The van der Waals surface area contributed by atoms with Crippen molar-refractivity contribution in [2.45, 2.75) is 0 Å². The summed E-state index contributed by atoms with van der Waals surface area (Å²) in [6.07, 6.45) is 5.51. The van der Waals surface area contributed by atoms with Crippen LogP contribution in [0, 0.1) is 0 Å². The van der Waals surface area contributed by atoms with Gasteiger partial charge in [-0.25, -0.2) is 0 Å². The van der Waals surface area contributed by atoms with Crippen LogP contribution >= 0.6 is 0 Å². The van der Waals surface area contributed by atoms with E-state index in [1.165, 1.54) is 12.4 Å². The average molecular weight is 149 g/mol. The van der Waals surface area contributed by atoms with Crippen molar-refractivity contribution in [3.63, 3.8) is 0 Å². The highest BCUT2D eigenvalue weighted by Gasteiger charge is 1.87. The Hall–Kier alpha value is -1.35. The first-order chi connectivity index (χ1) is 5.47. The standard InChI is InChI=1S/C7H6N2.CH5N/c1-3-8-5-7-6(1)2-4-9-7;1-2/h1-5,9H;2H2,1H3. The lowest BCUT2D eigenvalue weighted by Crippen LogP contribution is -1.69. The van der Waals surface area contributed by atoms with Gasteiger partial charge in [-0.1, -0.05) is 0 Å². The first kappa shape index (κ1) is 7.75. The van der Waals surface area contributed by atoms with E-state index in [4.69, 9.17) is 0 Å². The summed E-state index contributed by atoms with van der Waals surface area (Å²) in [5, 5.41) is 1.21. The maximum atomic E-state index is 4.50. The maximum Gasteiger partial charge on any atom is 0.0640 e. The Labute approximate surface area is 65.3 Å². The highest BCUT2D eigenvalue weighted by molar-refractivity contribution is 5.77. The molecule has 0 atom stereocenters. The molecule has 0 aliphatic rings. The lowest BCUT2D eigenvalue weighted by atomic mass is 10.3. The molecule has 2 rings (SSSR count). The molecule has 0 spiro atoms. The predicted octanol–water partition coefficient (Wildman–Crippen LogP) is 1.14. The van der Waals surface area contributed by atoms with Crippen LogP contribution in [-0.4, -0.2) is 17.0 Å². The number of nitrogens with two attached hydrogens (primary N) is 1. The fourth-order valence-corrected chi connectivity index (χ4v) is 0.892. The molecule has 0 saturated heterocycles. The van der Waals surface area contributed by atoms with E-state index in [-0.39, 0.29) is 0 Å². The van der Waals surface area contributed by atoms with Gasteiger partial charge in [-0.2, -0.15) is 0 Å². The van der Waals surface area contributed by atoms with E-state index in [0.717, 1.165) is 5.52 Å². The summed E-state index contributed by atoms with van der Waals surface area (Å²) in [6, 6.07) is 4.00. The molecule has 3 N–H and O–H groups in total. The zero-order valence-electron chi connectivity index (χ0n) is 6.41. The number of H-pyrrole nitrogens is 1. The topological polar surface area (TPSA) is 54.7 Å². The zero-order valence-corrected chi connectivity index (χ0v) is 6.41. The van der Waals surface area contributed by atoms with Crippen LogP contribution in [0.3, 0.4) is 0 Å². The quantitative estimate of drug-likeness (QED) is 0.590. The number of hydrogen-bond donors (Lipinski definition) is 2. The van der Waals surface area contributed by atoms with Gasteiger partial charge in [0.05, 0.1) is 11.7 Å². The van der Waals surface area contributed by atoms with Crippen LogP contribution in [0.25, 0.3) is 10.9 Å². The van der Waals surface area contributed by atoms with Crippen LogP contribution < -0.4 is 5.73 Å². The van der Waals surface area contributed by atoms with Crippen molar-refractivity contribution in [3.8, 4) is 0 Å². The van der Waals surface area contributed by atoms with Gasteiger partial charge >= 0.3 is 0 Å². The average Bonchev–Trinajstić information content (AvgIpc) is 2.55. The third-order valence-electron chi connectivity index (χ3n) is 1.36. The third-order valence-corrected chi connectivity index (χ3v) is 1.36. The number of aromatic amines is 1. The highest BCUT2D eigenvalue weighted by atomic mass is 14.7. The molecule has 3 nitrogen and oxygen atoms in total. The molecule has 0 bridgehead atoms. The van der Waals surface area contributed by atoms with Crippen molar-refractivity contribution in [2.24, 2.45) is 5.73 Å². The van der Waals surface area contributed by atoms with Crippen LogP contribution in [0.5, 0.6) is 0 Å². The molecule has 2 aromatic rings. The highest BCUT2D eigenvalue weighted by Crippen LogP contribution is 2.07. The summed E-state index contributed by atoms with van der Waals surface area (Å²) in [5.74, 6) is 0. The summed E-state index contributed by atoms with van der Waals surface area (Å²) in [7, 11) is 1.50. The first-order valence-corrected chi connectivity index (χ1v) is 3.42. The van der Waals surface area contributed by atoms with Crippen LogP contribution in [0.1, 0.15) is 0 Å². The van der Waals surface area contributed by atoms with Crippen molar-refractivity contribution in [3.05, 3.63) is 30.7 Å². The monoisotopic (exact) mass is 149 g/mol. The molecule has 3 heteroatoms. The second kappa shape index (κ2) is 3.73. The van der Waals surface area contributed by atoms with E-state index in [1.54, 1.807) is 6.20 Å². The van der Waals surface area contributed by atoms with Crippen molar-refractivity contribution in [1.29, 1.82) is 0 Å². The molecule has 2 heterocycles.